The number of imide groups is 2. The second kappa shape index (κ2) is 15.7. The van der Waals surface area contributed by atoms with Crippen LogP contribution in [0.3, 0.4) is 0 Å². The van der Waals surface area contributed by atoms with Gasteiger partial charge >= 0.3 is 0 Å². The number of carbonyl (C=O) groups excluding carboxylic acids is 4. The van der Waals surface area contributed by atoms with Crippen molar-refractivity contribution < 1.29 is 33.4 Å². The third-order valence-electron chi connectivity index (χ3n) is 12.0. The van der Waals surface area contributed by atoms with E-state index in [1.807, 2.05) is 24.7 Å². The first-order valence-electron chi connectivity index (χ1n) is 20.1. The highest BCUT2D eigenvalue weighted by atomic mass is 16.5. The largest absolute Gasteiger partial charge is 0.494 e. The van der Waals surface area contributed by atoms with E-state index in [9.17, 15) is 19.2 Å². The van der Waals surface area contributed by atoms with Crippen molar-refractivity contribution in [1.29, 1.82) is 0 Å². The van der Waals surface area contributed by atoms with Crippen LogP contribution < -0.4 is 14.8 Å². The summed E-state index contributed by atoms with van der Waals surface area (Å²) in [6, 6.07) is 16.5. The van der Waals surface area contributed by atoms with Crippen molar-refractivity contribution in [3.05, 3.63) is 84.3 Å². The number of nitrogens with zero attached hydrogens (tertiary/aromatic N) is 5. The van der Waals surface area contributed by atoms with Crippen LogP contribution in [0.15, 0.2) is 73.2 Å². The maximum absolute atomic E-state index is 13.1. The number of rotatable bonds is 13. The number of hydrogen-bond acceptors (Lipinski definition) is 10. The van der Waals surface area contributed by atoms with Gasteiger partial charge in [-0.1, -0.05) is 12.1 Å². The molecule has 294 valence electrons. The van der Waals surface area contributed by atoms with E-state index in [1.54, 1.807) is 18.2 Å². The first kappa shape index (κ1) is 36.9. The molecule has 3 aliphatic heterocycles. The molecule has 13 heteroatoms. The minimum atomic E-state index is -0.986. The predicted molar refractivity (Wildman–Crippen MR) is 212 cm³/mol. The van der Waals surface area contributed by atoms with Crippen molar-refractivity contribution in [1.82, 2.24) is 29.7 Å². The van der Waals surface area contributed by atoms with Crippen molar-refractivity contribution in [2.45, 2.75) is 69.6 Å². The van der Waals surface area contributed by atoms with E-state index in [0.29, 0.717) is 30.8 Å². The zero-order valence-electron chi connectivity index (χ0n) is 32.0. The van der Waals surface area contributed by atoms with Gasteiger partial charge in [0.15, 0.2) is 0 Å². The molecule has 5 aromatic rings. The van der Waals surface area contributed by atoms with Gasteiger partial charge in [0.25, 0.3) is 11.8 Å². The quantitative estimate of drug-likeness (QED) is 0.117. The number of amides is 4. The van der Waals surface area contributed by atoms with Gasteiger partial charge < -0.3 is 23.7 Å². The number of aryl methyl sites for hydroxylation is 1. The van der Waals surface area contributed by atoms with Crippen molar-refractivity contribution in [3.63, 3.8) is 0 Å². The highest BCUT2D eigenvalue weighted by Gasteiger charge is 2.44. The maximum Gasteiger partial charge on any atom is 0.262 e. The number of benzene rings is 2. The molecule has 1 saturated carbocycles. The van der Waals surface area contributed by atoms with Crippen molar-refractivity contribution in [2.75, 3.05) is 32.8 Å². The number of piperidine rings is 2. The lowest BCUT2D eigenvalue weighted by Gasteiger charge is -2.40. The normalized spacial score (nSPS) is 21.6. The first-order chi connectivity index (χ1) is 27.8. The van der Waals surface area contributed by atoms with E-state index in [1.165, 1.54) is 16.4 Å². The van der Waals surface area contributed by atoms with Crippen molar-refractivity contribution in [3.8, 4) is 22.8 Å². The molecule has 1 N–H and O–H groups in total. The minimum absolute atomic E-state index is 0.0838. The highest BCUT2D eigenvalue weighted by molar-refractivity contribution is 6.23. The number of fused-ring (bicyclic) bond motifs is 4. The Balaban J connectivity index is 0.648. The Morgan fingerprint density at radius 2 is 1.60 bits per heavy atom. The summed E-state index contributed by atoms with van der Waals surface area (Å²) in [5, 5.41) is 4.58. The molecule has 6 heterocycles. The molecule has 0 bridgehead atoms. The third-order valence-corrected chi connectivity index (χ3v) is 12.0. The number of unbranched alkanes of at least 4 members (excludes halogenated alkanes) is 1. The van der Waals surface area contributed by atoms with Crippen LogP contribution >= 0.6 is 0 Å². The fourth-order valence-electron chi connectivity index (χ4n) is 8.75. The highest BCUT2D eigenvalue weighted by Crippen LogP contribution is 2.35. The Kier molecular flexibility index (Phi) is 10.2. The average molecular weight is 771 g/mol. The molecule has 0 spiro atoms. The second-order valence-electron chi connectivity index (χ2n) is 15.7. The Morgan fingerprint density at radius 1 is 0.789 bits per heavy atom. The lowest BCUT2D eigenvalue weighted by molar-refractivity contribution is -0.136. The van der Waals surface area contributed by atoms with E-state index >= 15 is 0 Å². The van der Waals surface area contributed by atoms with Gasteiger partial charge in [-0.3, -0.25) is 34.4 Å². The van der Waals surface area contributed by atoms with Gasteiger partial charge in [-0.2, -0.15) is 0 Å². The van der Waals surface area contributed by atoms with E-state index in [2.05, 4.69) is 62.1 Å². The van der Waals surface area contributed by atoms with Gasteiger partial charge in [0, 0.05) is 86.2 Å². The molecule has 1 atom stereocenters. The topological polar surface area (TPSA) is 145 Å². The van der Waals surface area contributed by atoms with Gasteiger partial charge in [0.1, 0.15) is 17.9 Å². The molecule has 2 saturated heterocycles. The fourth-order valence-corrected chi connectivity index (χ4v) is 8.75. The molecule has 4 amide bonds. The first-order valence-corrected chi connectivity index (χ1v) is 20.1. The minimum Gasteiger partial charge on any atom is -0.494 e. The van der Waals surface area contributed by atoms with E-state index in [0.717, 1.165) is 79.6 Å². The van der Waals surface area contributed by atoms with Crippen LogP contribution in [0.4, 0.5) is 0 Å². The molecule has 4 aliphatic rings. The van der Waals surface area contributed by atoms with E-state index in [4.69, 9.17) is 14.2 Å². The summed E-state index contributed by atoms with van der Waals surface area (Å²) in [4.78, 5) is 62.3. The Labute approximate surface area is 330 Å². The number of aromatic nitrogens is 3. The summed E-state index contributed by atoms with van der Waals surface area (Å²) in [5.41, 5.74) is 4.99. The third kappa shape index (κ3) is 7.49. The zero-order valence-corrected chi connectivity index (χ0v) is 32.0. The molecule has 0 radical (unpaired) electrons. The lowest BCUT2D eigenvalue weighted by Crippen LogP contribution is -2.54. The number of pyridine rings is 2. The van der Waals surface area contributed by atoms with Gasteiger partial charge in [-0.15, -0.1) is 0 Å². The van der Waals surface area contributed by atoms with Crippen LogP contribution in [0, 0.1) is 5.92 Å². The summed E-state index contributed by atoms with van der Waals surface area (Å²) in [7, 11) is 2.09. The number of nitrogens with one attached hydrogen (secondary N) is 1. The number of carbonyl (C=O) groups is 4. The Morgan fingerprint density at radius 3 is 2.40 bits per heavy atom. The monoisotopic (exact) mass is 770 g/mol. The second-order valence-corrected chi connectivity index (χ2v) is 15.7. The molecular formula is C44H46N6O7. The summed E-state index contributed by atoms with van der Waals surface area (Å²) >= 11 is 0. The van der Waals surface area contributed by atoms with Crippen LogP contribution in [0.5, 0.6) is 11.6 Å². The smallest absolute Gasteiger partial charge is 0.262 e. The molecule has 13 nitrogen and oxygen atoms in total. The summed E-state index contributed by atoms with van der Waals surface area (Å²) in [6.07, 6.45) is 12.2. The van der Waals surface area contributed by atoms with Crippen LogP contribution in [0.2, 0.25) is 0 Å². The Hall–Kier alpha value is -5.66. The molecule has 57 heavy (non-hydrogen) atoms. The standard InChI is InChI=1S/C44H46N6O7/c1-48-37-12-15-45-25-36(37)33-7-4-28(22-39(33)48)29-5-11-41(46-24-29)57-32-20-27(21-32)26-49-16-13-30(14-17-49)55-18-2-3-19-56-31-6-8-34-35(23-31)44(54)50(43(34)53)38-9-10-40(51)47-42(38)52/h4-8,11-12,15,22-25,27,30,32,38H,2-3,9-10,13-14,16-21,26H2,1H3,(H,47,51,52)/t27-,32-,38?. The SMILES string of the molecule is Cn1c2ccncc2c2ccc(-c3ccc(O[C@H]4C[C@H](CN5CCC(OCCCCOc6ccc7c(c6)C(=O)N(C6CCC(=O)NC6=O)C7=O)CC5)C4)nc3)cc21. The van der Waals surface area contributed by atoms with Crippen molar-refractivity contribution >= 4 is 45.4 Å². The van der Waals surface area contributed by atoms with Gasteiger partial charge in [-0.25, -0.2) is 4.98 Å². The summed E-state index contributed by atoms with van der Waals surface area (Å²) < 4.78 is 20.6. The van der Waals surface area contributed by atoms with Gasteiger partial charge in [0.05, 0.1) is 29.4 Å². The van der Waals surface area contributed by atoms with Crippen molar-refractivity contribution in [2.24, 2.45) is 13.0 Å². The van der Waals surface area contributed by atoms with Gasteiger partial charge in [0.2, 0.25) is 17.7 Å². The molecular weight excluding hydrogens is 725 g/mol. The lowest BCUT2D eigenvalue weighted by atomic mass is 9.81. The molecule has 9 rings (SSSR count). The number of hydrogen-bond donors (Lipinski definition) is 1. The molecule has 1 unspecified atom stereocenters. The van der Waals surface area contributed by atoms with Crippen LogP contribution in [0.25, 0.3) is 32.9 Å². The number of likely N-dealkylation sites (tertiary alicyclic amines) is 1. The fraction of sp³-hybridized carbons (Fsp3) is 0.409. The van der Waals surface area contributed by atoms with Crippen LogP contribution in [-0.2, 0) is 21.4 Å². The Bertz CT molecular complexity index is 2340. The molecule has 3 fully saturated rings. The van der Waals surface area contributed by atoms with Crippen LogP contribution in [-0.4, -0.2) is 99.1 Å². The summed E-state index contributed by atoms with van der Waals surface area (Å²) in [6.45, 7) is 4.30. The van der Waals surface area contributed by atoms with Crippen LogP contribution in [0.1, 0.15) is 72.1 Å². The molecule has 2 aromatic carbocycles. The number of ether oxygens (including phenoxy) is 3. The predicted octanol–water partition coefficient (Wildman–Crippen LogP) is 5.69. The summed E-state index contributed by atoms with van der Waals surface area (Å²) in [5.74, 6) is -0.273. The van der Waals surface area contributed by atoms with E-state index < -0.39 is 29.7 Å². The average Bonchev–Trinajstić information content (AvgIpc) is 3.64. The molecule has 1 aliphatic carbocycles. The maximum atomic E-state index is 13.1. The van der Waals surface area contributed by atoms with E-state index in [-0.39, 0.29) is 36.2 Å². The van der Waals surface area contributed by atoms with Gasteiger partial charge in [-0.05, 0) is 92.8 Å². The zero-order chi connectivity index (χ0) is 39.0. The molecule has 3 aromatic heterocycles.